The summed E-state index contributed by atoms with van der Waals surface area (Å²) in [5.74, 6) is -1.15. The van der Waals surface area contributed by atoms with E-state index in [1.54, 1.807) is 0 Å². The Morgan fingerprint density at radius 3 is 2.61 bits per heavy atom. The summed E-state index contributed by atoms with van der Waals surface area (Å²) < 4.78 is 31.3. The first-order chi connectivity index (χ1) is 11.0. The van der Waals surface area contributed by atoms with Crippen molar-refractivity contribution in [2.45, 2.75) is 13.8 Å². The Labute approximate surface area is 134 Å². The van der Waals surface area contributed by atoms with Gasteiger partial charge in [-0.2, -0.15) is 0 Å². The minimum atomic E-state index is -0.741. The summed E-state index contributed by atoms with van der Waals surface area (Å²) in [4.78, 5) is 4.10. The topological polar surface area (TPSA) is 59.6 Å². The number of halogens is 2. The molecule has 0 fully saturated rings. The first kappa shape index (κ1) is 16.7. The number of hydrogen-bond acceptors (Lipinski definition) is 2. The van der Waals surface area contributed by atoms with Crippen molar-refractivity contribution in [3.8, 4) is 5.75 Å². The first-order valence-corrected chi connectivity index (χ1v) is 7.18. The summed E-state index contributed by atoms with van der Waals surface area (Å²) >= 11 is 0. The van der Waals surface area contributed by atoms with Gasteiger partial charge in [0.1, 0.15) is 12.4 Å². The minimum absolute atomic E-state index is 0.0118. The largest absolute Gasteiger partial charge is 0.489 e. The number of nitrogens with one attached hydrogen (secondary N) is 1. The van der Waals surface area contributed by atoms with Crippen LogP contribution in [0.4, 0.5) is 14.5 Å². The van der Waals surface area contributed by atoms with Crippen LogP contribution in [-0.2, 0) is 0 Å². The molecule has 0 atom stereocenters. The van der Waals surface area contributed by atoms with Gasteiger partial charge in [0.25, 0.3) is 0 Å². The summed E-state index contributed by atoms with van der Waals surface area (Å²) in [6, 6.07) is 9.03. The second kappa shape index (κ2) is 7.58. The summed E-state index contributed by atoms with van der Waals surface area (Å²) in [5, 5.41) is 2.98. The second-order valence-corrected chi connectivity index (χ2v) is 5.11. The minimum Gasteiger partial charge on any atom is -0.489 e. The van der Waals surface area contributed by atoms with E-state index in [1.807, 2.05) is 32.0 Å². The normalized spacial score (nSPS) is 11.4. The molecule has 0 saturated heterocycles. The Morgan fingerprint density at radius 2 is 1.91 bits per heavy atom. The van der Waals surface area contributed by atoms with Crippen LogP contribution in [0.3, 0.4) is 0 Å². The molecule has 23 heavy (non-hydrogen) atoms. The van der Waals surface area contributed by atoms with Gasteiger partial charge in [-0.05, 0) is 49.2 Å². The molecule has 2 aromatic carbocycles. The lowest BCUT2D eigenvalue weighted by Crippen LogP contribution is -2.23. The van der Waals surface area contributed by atoms with Gasteiger partial charge in [-0.15, -0.1) is 0 Å². The second-order valence-electron chi connectivity index (χ2n) is 5.11. The highest BCUT2D eigenvalue weighted by Gasteiger charge is 2.04. The van der Waals surface area contributed by atoms with Crippen LogP contribution in [0.15, 0.2) is 41.4 Å². The SMILES string of the molecule is Cc1ccc(NC(N)=NCCOc2ccc(F)cc2F)cc1C. The van der Waals surface area contributed by atoms with E-state index in [-0.39, 0.29) is 24.9 Å². The monoisotopic (exact) mass is 319 g/mol. The zero-order chi connectivity index (χ0) is 16.8. The number of anilines is 1. The number of aryl methyl sites for hydroxylation is 2. The maximum atomic E-state index is 13.4. The molecule has 0 spiro atoms. The standard InChI is InChI=1S/C17H19F2N3O/c1-11-3-5-14(9-12(11)2)22-17(20)21-7-8-23-16-6-4-13(18)10-15(16)19/h3-6,9-10H,7-8H2,1-2H3,(H3,20,21,22). The van der Waals surface area contributed by atoms with Crippen LogP contribution in [0.2, 0.25) is 0 Å². The van der Waals surface area contributed by atoms with Crippen LogP contribution in [0.1, 0.15) is 11.1 Å². The Kier molecular flexibility index (Phi) is 5.51. The fourth-order valence-electron chi connectivity index (χ4n) is 1.92. The molecule has 0 radical (unpaired) electrons. The van der Waals surface area contributed by atoms with Crippen molar-refractivity contribution >= 4 is 11.6 Å². The smallest absolute Gasteiger partial charge is 0.193 e. The highest BCUT2D eigenvalue weighted by molar-refractivity contribution is 5.92. The fourth-order valence-corrected chi connectivity index (χ4v) is 1.92. The maximum Gasteiger partial charge on any atom is 0.193 e. The molecule has 0 unspecified atom stereocenters. The van der Waals surface area contributed by atoms with E-state index in [0.29, 0.717) is 0 Å². The van der Waals surface area contributed by atoms with Gasteiger partial charge in [0.2, 0.25) is 0 Å². The van der Waals surface area contributed by atoms with Gasteiger partial charge in [-0.3, -0.25) is 0 Å². The molecule has 2 rings (SSSR count). The van der Waals surface area contributed by atoms with E-state index >= 15 is 0 Å². The van der Waals surface area contributed by atoms with Crippen molar-refractivity contribution in [3.05, 3.63) is 59.2 Å². The average Bonchev–Trinajstić information content (AvgIpc) is 2.49. The lowest BCUT2D eigenvalue weighted by atomic mass is 10.1. The molecule has 0 saturated carbocycles. The molecule has 0 aliphatic heterocycles. The number of nitrogens with zero attached hydrogens (tertiary/aromatic N) is 1. The molecule has 6 heteroatoms. The Morgan fingerprint density at radius 1 is 1.13 bits per heavy atom. The van der Waals surface area contributed by atoms with Crippen LogP contribution in [0.25, 0.3) is 0 Å². The highest BCUT2D eigenvalue weighted by Crippen LogP contribution is 2.17. The van der Waals surface area contributed by atoms with E-state index in [2.05, 4.69) is 10.3 Å². The Hall–Kier alpha value is -2.63. The van der Waals surface area contributed by atoms with Crippen molar-refractivity contribution in [2.75, 3.05) is 18.5 Å². The number of benzene rings is 2. The summed E-state index contributed by atoms with van der Waals surface area (Å²) in [5.41, 5.74) is 8.98. The number of rotatable bonds is 5. The third-order valence-corrected chi connectivity index (χ3v) is 3.30. The van der Waals surface area contributed by atoms with E-state index in [9.17, 15) is 8.78 Å². The highest BCUT2D eigenvalue weighted by atomic mass is 19.1. The third-order valence-electron chi connectivity index (χ3n) is 3.30. The van der Waals surface area contributed by atoms with Crippen LogP contribution in [-0.4, -0.2) is 19.1 Å². The lowest BCUT2D eigenvalue weighted by molar-refractivity contribution is 0.310. The van der Waals surface area contributed by atoms with E-state index in [4.69, 9.17) is 10.5 Å². The molecule has 4 nitrogen and oxygen atoms in total. The van der Waals surface area contributed by atoms with E-state index in [1.165, 1.54) is 11.6 Å². The van der Waals surface area contributed by atoms with Gasteiger partial charge < -0.3 is 15.8 Å². The van der Waals surface area contributed by atoms with Crippen LogP contribution < -0.4 is 15.8 Å². The molecule has 3 N–H and O–H groups in total. The van der Waals surface area contributed by atoms with Crippen molar-refractivity contribution in [1.29, 1.82) is 0 Å². The summed E-state index contributed by atoms with van der Waals surface area (Å²) in [7, 11) is 0. The zero-order valence-electron chi connectivity index (χ0n) is 13.1. The molecular weight excluding hydrogens is 300 g/mol. The molecular formula is C17H19F2N3O. The zero-order valence-corrected chi connectivity index (χ0v) is 13.1. The predicted octanol–water partition coefficient (Wildman–Crippen LogP) is 3.39. The van der Waals surface area contributed by atoms with Gasteiger partial charge >= 0.3 is 0 Å². The third kappa shape index (κ3) is 4.95. The van der Waals surface area contributed by atoms with Crippen LogP contribution in [0.5, 0.6) is 5.75 Å². The number of ether oxygens (including phenoxy) is 1. The molecule has 122 valence electrons. The molecule has 0 aliphatic rings. The van der Waals surface area contributed by atoms with Gasteiger partial charge in [0.15, 0.2) is 17.5 Å². The number of guanidine groups is 1. The molecule has 2 aromatic rings. The summed E-state index contributed by atoms with van der Waals surface area (Å²) in [6.07, 6.45) is 0. The number of nitrogens with two attached hydrogens (primary N) is 1. The Balaban J connectivity index is 1.83. The first-order valence-electron chi connectivity index (χ1n) is 7.18. The van der Waals surface area contributed by atoms with Crippen molar-refractivity contribution < 1.29 is 13.5 Å². The van der Waals surface area contributed by atoms with E-state index < -0.39 is 11.6 Å². The van der Waals surface area contributed by atoms with Gasteiger partial charge in [0.05, 0.1) is 6.54 Å². The van der Waals surface area contributed by atoms with Gasteiger partial charge in [-0.25, -0.2) is 13.8 Å². The van der Waals surface area contributed by atoms with E-state index in [0.717, 1.165) is 23.4 Å². The van der Waals surface area contributed by atoms with Crippen molar-refractivity contribution in [1.82, 2.24) is 0 Å². The molecule has 0 amide bonds. The molecule has 0 heterocycles. The number of hydrogen-bond donors (Lipinski definition) is 2. The molecule has 0 aromatic heterocycles. The van der Waals surface area contributed by atoms with Gasteiger partial charge in [-0.1, -0.05) is 6.07 Å². The van der Waals surface area contributed by atoms with Crippen LogP contribution in [0, 0.1) is 25.5 Å². The number of aliphatic imine (C=N–C) groups is 1. The molecule has 0 aliphatic carbocycles. The lowest BCUT2D eigenvalue weighted by Gasteiger charge is -2.09. The van der Waals surface area contributed by atoms with Crippen molar-refractivity contribution in [2.24, 2.45) is 10.7 Å². The summed E-state index contributed by atoms with van der Waals surface area (Å²) in [6.45, 7) is 4.43. The van der Waals surface area contributed by atoms with Crippen molar-refractivity contribution in [3.63, 3.8) is 0 Å². The Bertz CT molecular complexity index is 717. The van der Waals surface area contributed by atoms with Crippen LogP contribution >= 0.6 is 0 Å². The molecule has 0 bridgehead atoms. The predicted molar refractivity (Wildman–Crippen MR) is 87.9 cm³/mol. The quantitative estimate of drug-likeness (QED) is 0.504. The average molecular weight is 319 g/mol. The fraction of sp³-hybridized carbons (Fsp3) is 0.235. The maximum absolute atomic E-state index is 13.4. The van der Waals surface area contributed by atoms with Gasteiger partial charge in [0, 0.05) is 11.8 Å².